The van der Waals surface area contributed by atoms with Gasteiger partial charge in [-0.25, -0.2) is 0 Å². The highest BCUT2D eigenvalue weighted by atomic mass is 79.9. The second-order valence-electron chi connectivity index (χ2n) is 7.26. The van der Waals surface area contributed by atoms with Crippen LogP contribution in [0, 0.1) is 20.2 Å². The van der Waals surface area contributed by atoms with Crippen molar-refractivity contribution in [1.82, 2.24) is 4.98 Å². The number of aromatic amines is 1. The van der Waals surface area contributed by atoms with Crippen molar-refractivity contribution in [2.24, 2.45) is 0 Å². The van der Waals surface area contributed by atoms with Gasteiger partial charge in [0.2, 0.25) is 6.54 Å². The summed E-state index contributed by atoms with van der Waals surface area (Å²) in [5, 5.41) is 23.5. The number of non-ortho nitro benzene ring substituents is 1. The molecule has 8 nitrogen and oxygen atoms in total. The van der Waals surface area contributed by atoms with E-state index in [1.165, 1.54) is 12.1 Å². The summed E-state index contributed by atoms with van der Waals surface area (Å²) in [5.74, 6) is -0.0735. The number of nitrogens with one attached hydrogen (secondary N) is 1. The predicted octanol–water partition coefficient (Wildman–Crippen LogP) is 5.83. The van der Waals surface area contributed by atoms with Crippen LogP contribution in [0.4, 0.5) is 5.69 Å². The summed E-state index contributed by atoms with van der Waals surface area (Å²) in [6.45, 7) is -0.221. The van der Waals surface area contributed by atoms with Gasteiger partial charge in [0.25, 0.3) is 5.69 Å². The van der Waals surface area contributed by atoms with Gasteiger partial charge in [-0.2, -0.15) is 0 Å². The molecule has 4 aromatic rings. The molecule has 0 unspecified atom stereocenters. The number of ether oxygens (including phenoxy) is 1. The molecule has 162 valence electrons. The van der Waals surface area contributed by atoms with Crippen molar-refractivity contribution in [2.75, 3.05) is 6.54 Å². The quantitative estimate of drug-likeness (QED) is 0.244. The first-order chi connectivity index (χ1) is 15.4. The van der Waals surface area contributed by atoms with Crippen molar-refractivity contribution in [3.05, 3.63) is 114 Å². The summed E-state index contributed by atoms with van der Waals surface area (Å²) in [4.78, 5) is 25.0. The molecule has 0 radical (unpaired) electrons. The maximum atomic E-state index is 11.6. The van der Waals surface area contributed by atoms with Crippen molar-refractivity contribution < 1.29 is 14.6 Å². The van der Waals surface area contributed by atoms with Crippen LogP contribution in [0.3, 0.4) is 0 Å². The second-order valence-corrected chi connectivity index (χ2v) is 8.17. The Kier molecular flexibility index (Phi) is 6.18. The average molecular weight is 496 g/mol. The smallest absolute Gasteiger partial charge is 0.269 e. The number of nitro benzene ring substituents is 1. The molecule has 0 spiro atoms. The average Bonchev–Trinajstić information content (AvgIpc) is 3.20. The number of halogens is 1. The lowest BCUT2D eigenvalue weighted by Gasteiger charge is -2.18. The van der Waals surface area contributed by atoms with Gasteiger partial charge in [0.05, 0.1) is 10.8 Å². The predicted molar refractivity (Wildman–Crippen MR) is 124 cm³/mol. The molecule has 0 aliphatic carbocycles. The molecule has 0 saturated carbocycles. The van der Waals surface area contributed by atoms with E-state index in [4.69, 9.17) is 4.74 Å². The molecular weight excluding hydrogens is 478 g/mol. The maximum absolute atomic E-state index is 11.6. The van der Waals surface area contributed by atoms with Gasteiger partial charge in [0, 0.05) is 44.2 Å². The highest BCUT2D eigenvalue weighted by Gasteiger charge is 2.26. The lowest BCUT2D eigenvalue weighted by molar-refractivity contribution is -0.481. The zero-order chi connectivity index (χ0) is 22.7. The number of rotatable bonds is 8. The minimum atomic E-state index is -0.557. The number of benzene rings is 3. The van der Waals surface area contributed by atoms with Crippen LogP contribution < -0.4 is 4.74 Å². The van der Waals surface area contributed by atoms with Crippen molar-refractivity contribution in [2.45, 2.75) is 12.5 Å². The van der Waals surface area contributed by atoms with Gasteiger partial charge in [0.15, 0.2) is 0 Å². The van der Waals surface area contributed by atoms with Crippen LogP contribution in [-0.2, 0) is 6.61 Å². The van der Waals surface area contributed by atoms with Gasteiger partial charge in [-0.1, -0.05) is 46.3 Å². The van der Waals surface area contributed by atoms with E-state index in [0.29, 0.717) is 16.9 Å². The zero-order valence-corrected chi connectivity index (χ0v) is 18.3. The Morgan fingerprint density at radius 2 is 1.78 bits per heavy atom. The molecule has 0 amide bonds. The number of nitrogens with zero attached hydrogens (tertiary/aromatic N) is 2. The molecule has 0 fully saturated rings. The van der Waals surface area contributed by atoms with Gasteiger partial charge >= 0.3 is 0 Å². The summed E-state index contributed by atoms with van der Waals surface area (Å²) in [6, 6.07) is 19.2. The summed E-state index contributed by atoms with van der Waals surface area (Å²) < 4.78 is 6.78. The van der Waals surface area contributed by atoms with E-state index in [1.807, 2.05) is 30.3 Å². The molecular formula is C23H18BrN3O5. The van der Waals surface area contributed by atoms with Crippen molar-refractivity contribution in [3.63, 3.8) is 0 Å². The van der Waals surface area contributed by atoms with E-state index >= 15 is 0 Å². The Labute approximate surface area is 191 Å². The minimum absolute atomic E-state index is 0.0212. The largest absolute Gasteiger partial charge is 0.489 e. The first kappa shape index (κ1) is 21.5. The van der Waals surface area contributed by atoms with Gasteiger partial charge in [-0.05, 0) is 35.4 Å². The lowest BCUT2D eigenvalue weighted by Crippen LogP contribution is -2.15. The van der Waals surface area contributed by atoms with Crippen LogP contribution in [-0.4, -0.2) is 21.4 Å². The Morgan fingerprint density at radius 3 is 2.56 bits per heavy atom. The number of para-hydroxylation sites is 1. The van der Waals surface area contributed by atoms with E-state index in [2.05, 4.69) is 20.9 Å². The fourth-order valence-electron chi connectivity index (χ4n) is 3.74. The SMILES string of the molecule is O=[N+]([O-])C[C@@H](c1cc(Br)ccc1OCc1cccc([N+](=O)[O-])c1)c1c[nH]c2ccccc12. The standard InChI is InChI=1S/C23H18BrN3O5/c24-16-8-9-23(32-14-15-4-3-5-17(10-15)27(30)31)19(11-16)21(13-26(28)29)20-12-25-22-7-2-1-6-18(20)22/h1-12,21,25H,13-14H2/t21-/m0/s1. The van der Waals surface area contributed by atoms with Crippen LogP contribution >= 0.6 is 15.9 Å². The molecule has 1 N–H and O–H groups in total. The molecule has 1 atom stereocenters. The number of hydrogen-bond acceptors (Lipinski definition) is 5. The highest BCUT2D eigenvalue weighted by Crippen LogP contribution is 2.37. The second kappa shape index (κ2) is 9.19. The van der Waals surface area contributed by atoms with Gasteiger partial charge in [-0.15, -0.1) is 0 Å². The maximum Gasteiger partial charge on any atom is 0.269 e. The van der Waals surface area contributed by atoms with Crippen molar-refractivity contribution in [3.8, 4) is 5.75 Å². The molecule has 3 aromatic carbocycles. The molecule has 4 rings (SSSR count). The molecule has 0 saturated heterocycles. The zero-order valence-electron chi connectivity index (χ0n) is 16.7. The number of nitro groups is 2. The number of fused-ring (bicyclic) bond motifs is 1. The third kappa shape index (κ3) is 4.62. The lowest BCUT2D eigenvalue weighted by atomic mass is 9.90. The number of aromatic nitrogens is 1. The van der Waals surface area contributed by atoms with Crippen molar-refractivity contribution in [1.29, 1.82) is 0 Å². The van der Waals surface area contributed by atoms with Gasteiger partial charge in [-0.3, -0.25) is 20.2 Å². The van der Waals surface area contributed by atoms with Crippen molar-refractivity contribution >= 4 is 32.5 Å². The molecule has 1 heterocycles. The van der Waals surface area contributed by atoms with Crippen LogP contribution in [0.25, 0.3) is 10.9 Å². The van der Waals surface area contributed by atoms with E-state index in [0.717, 1.165) is 20.9 Å². The Bertz CT molecular complexity index is 1300. The summed E-state index contributed by atoms with van der Waals surface area (Å²) in [6.07, 6.45) is 1.80. The van der Waals surface area contributed by atoms with Crippen LogP contribution in [0.1, 0.15) is 22.6 Å². The Hall–Kier alpha value is -3.72. The molecule has 0 bridgehead atoms. The Balaban J connectivity index is 1.72. The fraction of sp³-hybridized carbons (Fsp3) is 0.130. The molecule has 32 heavy (non-hydrogen) atoms. The third-order valence-electron chi connectivity index (χ3n) is 5.19. The topological polar surface area (TPSA) is 111 Å². The summed E-state index contributed by atoms with van der Waals surface area (Å²) >= 11 is 3.46. The monoisotopic (exact) mass is 495 g/mol. The highest BCUT2D eigenvalue weighted by molar-refractivity contribution is 9.10. The molecule has 9 heteroatoms. The van der Waals surface area contributed by atoms with E-state index in [9.17, 15) is 20.2 Å². The van der Waals surface area contributed by atoms with Crippen LogP contribution in [0.5, 0.6) is 5.75 Å². The van der Waals surface area contributed by atoms with Gasteiger partial charge in [0.1, 0.15) is 12.4 Å². The van der Waals surface area contributed by atoms with Gasteiger partial charge < -0.3 is 9.72 Å². The summed E-state index contributed by atoms with van der Waals surface area (Å²) in [5.41, 5.74) is 2.96. The Morgan fingerprint density at radius 1 is 0.969 bits per heavy atom. The molecule has 0 aliphatic rings. The first-order valence-electron chi connectivity index (χ1n) is 9.76. The molecule has 0 aliphatic heterocycles. The van der Waals surface area contributed by atoms with E-state index in [1.54, 1.807) is 30.5 Å². The van der Waals surface area contributed by atoms with Crippen LogP contribution in [0.15, 0.2) is 77.4 Å². The third-order valence-corrected chi connectivity index (χ3v) is 5.68. The number of H-pyrrole nitrogens is 1. The number of hydrogen-bond donors (Lipinski definition) is 1. The van der Waals surface area contributed by atoms with Crippen LogP contribution in [0.2, 0.25) is 0 Å². The van der Waals surface area contributed by atoms with E-state index in [-0.39, 0.29) is 23.8 Å². The first-order valence-corrected chi connectivity index (χ1v) is 10.5. The summed E-state index contributed by atoms with van der Waals surface area (Å²) in [7, 11) is 0. The fourth-order valence-corrected chi connectivity index (χ4v) is 4.12. The van der Waals surface area contributed by atoms with E-state index < -0.39 is 10.8 Å². The minimum Gasteiger partial charge on any atom is -0.489 e. The molecule has 1 aromatic heterocycles. The normalized spacial score (nSPS) is 11.9.